The Morgan fingerprint density at radius 3 is 2.66 bits per heavy atom. The molecule has 29 heavy (non-hydrogen) atoms. The van der Waals surface area contributed by atoms with Crippen LogP contribution in [-0.2, 0) is 10.9 Å². The summed E-state index contributed by atoms with van der Waals surface area (Å²) in [6.07, 6.45) is -2.67. The molecule has 0 saturated carbocycles. The third-order valence-electron chi connectivity index (χ3n) is 4.06. The zero-order valence-electron chi connectivity index (χ0n) is 16.5. The van der Waals surface area contributed by atoms with Crippen molar-refractivity contribution in [2.24, 2.45) is 4.99 Å². The van der Waals surface area contributed by atoms with Gasteiger partial charge in [0.05, 0.1) is 25.3 Å². The minimum atomic E-state index is -4.40. The van der Waals surface area contributed by atoms with Gasteiger partial charge in [-0.15, -0.1) is 24.0 Å². The molecule has 2 rings (SSSR count). The Balaban J connectivity index is 0.00000420. The highest BCUT2D eigenvalue weighted by Crippen LogP contribution is 2.29. The number of alkyl halides is 3. The molecule has 166 valence electrons. The van der Waals surface area contributed by atoms with E-state index in [1.165, 1.54) is 6.07 Å². The maximum atomic E-state index is 12.5. The van der Waals surface area contributed by atoms with Gasteiger partial charge in [0.1, 0.15) is 6.61 Å². The Morgan fingerprint density at radius 2 is 2.03 bits per heavy atom. The lowest BCUT2D eigenvalue weighted by atomic mass is 10.3. The molecular formula is C18H29F3IN5O2. The number of aliphatic imine (C=N–C) groups is 1. The molecule has 0 spiro atoms. The van der Waals surface area contributed by atoms with E-state index in [0.717, 1.165) is 58.1 Å². The van der Waals surface area contributed by atoms with Crippen LogP contribution < -0.4 is 15.4 Å². The van der Waals surface area contributed by atoms with Crippen molar-refractivity contribution in [3.8, 4) is 5.88 Å². The first-order valence-corrected chi connectivity index (χ1v) is 9.47. The first-order chi connectivity index (χ1) is 13.5. The molecule has 2 heterocycles. The molecule has 0 amide bonds. The Morgan fingerprint density at radius 1 is 1.28 bits per heavy atom. The molecule has 11 heteroatoms. The van der Waals surface area contributed by atoms with Gasteiger partial charge in [-0.3, -0.25) is 9.89 Å². The van der Waals surface area contributed by atoms with E-state index in [9.17, 15) is 13.2 Å². The highest BCUT2D eigenvalue weighted by molar-refractivity contribution is 14.0. The molecule has 2 N–H and O–H groups in total. The van der Waals surface area contributed by atoms with E-state index in [1.54, 1.807) is 0 Å². The van der Waals surface area contributed by atoms with Crippen molar-refractivity contribution in [3.63, 3.8) is 0 Å². The van der Waals surface area contributed by atoms with Crippen molar-refractivity contribution in [3.05, 3.63) is 23.9 Å². The summed E-state index contributed by atoms with van der Waals surface area (Å²) in [6.45, 7) is 8.65. The summed E-state index contributed by atoms with van der Waals surface area (Å²) in [6, 6.07) is 2.17. The first kappa shape index (κ1) is 25.7. The van der Waals surface area contributed by atoms with Gasteiger partial charge in [-0.2, -0.15) is 13.2 Å². The summed E-state index contributed by atoms with van der Waals surface area (Å²) < 4.78 is 48.2. The van der Waals surface area contributed by atoms with Gasteiger partial charge in [0.15, 0.2) is 5.96 Å². The summed E-state index contributed by atoms with van der Waals surface area (Å²) in [7, 11) is 0. The van der Waals surface area contributed by atoms with Crippen LogP contribution in [0.4, 0.5) is 13.2 Å². The number of pyridine rings is 1. The molecule has 1 aliphatic heterocycles. The van der Waals surface area contributed by atoms with Crippen LogP contribution in [0.25, 0.3) is 0 Å². The lowest BCUT2D eigenvalue weighted by Crippen LogP contribution is -2.40. The van der Waals surface area contributed by atoms with Crippen molar-refractivity contribution in [1.82, 2.24) is 20.5 Å². The van der Waals surface area contributed by atoms with Crippen LogP contribution in [0.5, 0.6) is 5.88 Å². The molecule has 0 radical (unpaired) electrons. The number of nitrogens with one attached hydrogen (secondary N) is 2. The summed E-state index contributed by atoms with van der Waals surface area (Å²) in [5.41, 5.74) is -0.795. The van der Waals surface area contributed by atoms with Crippen molar-refractivity contribution < 1.29 is 22.6 Å². The van der Waals surface area contributed by atoms with Crippen LogP contribution in [0.2, 0.25) is 0 Å². The normalized spacial score (nSPS) is 15.5. The second kappa shape index (κ2) is 13.8. The molecule has 1 saturated heterocycles. The van der Waals surface area contributed by atoms with Crippen LogP contribution in [0.1, 0.15) is 18.9 Å². The molecule has 0 bridgehead atoms. The third kappa shape index (κ3) is 10.3. The molecule has 0 unspecified atom stereocenters. The van der Waals surface area contributed by atoms with E-state index in [1.807, 2.05) is 6.92 Å². The zero-order valence-corrected chi connectivity index (χ0v) is 18.8. The number of hydrogen-bond acceptors (Lipinski definition) is 5. The molecule has 0 aliphatic carbocycles. The molecule has 1 aromatic heterocycles. The summed E-state index contributed by atoms with van der Waals surface area (Å²) in [4.78, 5) is 10.6. The predicted molar refractivity (Wildman–Crippen MR) is 116 cm³/mol. The third-order valence-corrected chi connectivity index (χ3v) is 4.06. The van der Waals surface area contributed by atoms with Gasteiger partial charge < -0.3 is 20.1 Å². The van der Waals surface area contributed by atoms with Crippen molar-refractivity contribution in [2.45, 2.75) is 19.5 Å². The number of aromatic nitrogens is 1. The number of hydrogen-bond donors (Lipinski definition) is 2. The van der Waals surface area contributed by atoms with Gasteiger partial charge in [0, 0.05) is 45.0 Å². The number of morpholine rings is 1. The summed E-state index contributed by atoms with van der Waals surface area (Å²) in [5, 5.41) is 6.29. The van der Waals surface area contributed by atoms with Gasteiger partial charge in [0.2, 0.25) is 5.88 Å². The minimum absolute atomic E-state index is 0. The standard InChI is InChI=1S/C18H28F3N5O2.HI/c1-2-22-17(23-6-3-8-26-9-12-27-13-10-26)24-7-11-28-16-5-4-15(14-25-16)18(19,20)21;/h4-5,14H,2-3,6-13H2,1H3,(H2,22,23,24);1H. The van der Waals surface area contributed by atoms with E-state index < -0.39 is 11.7 Å². The number of rotatable bonds is 9. The quantitative estimate of drug-likeness (QED) is 0.221. The molecule has 1 aromatic rings. The average molecular weight is 531 g/mol. The van der Waals surface area contributed by atoms with Gasteiger partial charge in [0.25, 0.3) is 0 Å². The van der Waals surface area contributed by atoms with Gasteiger partial charge >= 0.3 is 6.18 Å². The van der Waals surface area contributed by atoms with Crippen LogP contribution in [0.3, 0.4) is 0 Å². The zero-order chi connectivity index (χ0) is 20.2. The Hall–Kier alpha value is -1.34. The van der Waals surface area contributed by atoms with E-state index in [4.69, 9.17) is 9.47 Å². The van der Waals surface area contributed by atoms with Crippen molar-refractivity contribution in [1.29, 1.82) is 0 Å². The smallest absolute Gasteiger partial charge is 0.417 e. The maximum Gasteiger partial charge on any atom is 0.417 e. The van der Waals surface area contributed by atoms with Gasteiger partial charge in [-0.25, -0.2) is 4.98 Å². The van der Waals surface area contributed by atoms with Gasteiger partial charge in [-0.1, -0.05) is 0 Å². The molecule has 0 atom stereocenters. The number of halogens is 4. The van der Waals surface area contributed by atoms with E-state index >= 15 is 0 Å². The van der Waals surface area contributed by atoms with Crippen LogP contribution in [-0.4, -0.2) is 74.9 Å². The molecule has 7 nitrogen and oxygen atoms in total. The van der Waals surface area contributed by atoms with Crippen LogP contribution in [0, 0.1) is 0 Å². The maximum absolute atomic E-state index is 12.5. The summed E-state index contributed by atoms with van der Waals surface area (Å²) in [5.74, 6) is 0.843. The highest BCUT2D eigenvalue weighted by atomic mass is 127. The predicted octanol–water partition coefficient (Wildman–Crippen LogP) is 2.37. The van der Waals surface area contributed by atoms with Gasteiger partial charge in [-0.05, 0) is 19.4 Å². The molecular weight excluding hydrogens is 502 g/mol. The number of ether oxygens (including phenoxy) is 2. The Kier molecular flexibility index (Phi) is 12.2. The van der Waals surface area contributed by atoms with Crippen LogP contribution in [0.15, 0.2) is 23.3 Å². The molecule has 0 aromatic carbocycles. The largest absolute Gasteiger partial charge is 0.476 e. The fourth-order valence-electron chi connectivity index (χ4n) is 2.61. The fraction of sp³-hybridized carbons (Fsp3) is 0.667. The van der Waals surface area contributed by atoms with Crippen molar-refractivity contribution >= 4 is 29.9 Å². The lowest BCUT2D eigenvalue weighted by molar-refractivity contribution is -0.137. The topological polar surface area (TPSA) is 71.0 Å². The van der Waals surface area contributed by atoms with Crippen molar-refractivity contribution in [2.75, 3.05) is 59.1 Å². The first-order valence-electron chi connectivity index (χ1n) is 9.47. The number of guanidine groups is 1. The monoisotopic (exact) mass is 531 g/mol. The summed E-state index contributed by atoms with van der Waals surface area (Å²) >= 11 is 0. The second-order valence-corrected chi connectivity index (χ2v) is 6.23. The van der Waals surface area contributed by atoms with E-state index in [2.05, 4.69) is 25.5 Å². The number of nitrogens with zero attached hydrogens (tertiary/aromatic N) is 3. The minimum Gasteiger partial charge on any atom is -0.476 e. The Labute approximate surface area is 186 Å². The SMILES string of the molecule is CCNC(=NCCCN1CCOCC1)NCCOc1ccc(C(F)(F)F)cn1.I. The average Bonchev–Trinajstić information content (AvgIpc) is 2.69. The second-order valence-electron chi connectivity index (χ2n) is 6.23. The lowest BCUT2D eigenvalue weighted by Gasteiger charge is -2.26. The molecule has 1 fully saturated rings. The highest BCUT2D eigenvalue weighted by Gasteiger charge is 2.30. The Bertz CT molecular complexity index is 596. The molecule has 1 aliphatic rings. The fourth-order valence-corrected chi connectivity index (χ4v) is 2.61. The van der Waals surface area contributed by atoms with E-state index in [-0.39, 0.29) is 36.5 Å². The van der Waals surface area contributed by atoms with Crippen LogP contribution >= 0.6 is 24.0 Å². The van der Waals surface area contributed by atoms with E-state index in [0.29, 0.717) is 19.0 Å².